The first-order chi connectivity index (χ1) is 16.8. The molecule has 1 heterocycles. The molecule has 182 valence electrons. The molecule has 4 rings (SSSR count). The molecule has 3 aromatic carbocycles. The molecule has 0 saturated heterocycles. The number of hydrogen-bond donors (Lipinski definition) is 2. The lowest BCUT2D eigenvalue weighted by Gasteiger charge is -2.18. The van der Waals surface area contributed by atoms with Crippen molar-refractivity contribution in [2.75, 3.05) is 20.2 Å². The van der Waals surface area contributed by atoms with Crippen LogP contribution in [0.2, 0.25) is 5.02 Å². The van der Waals surface area contributed by atoms with E-state index in [0.717, 1.165) is 17.7 Å². The van der Waals surface area contributed by atoms with Crippen LogP contribution in [0, 0.1) is 13.8 Å². The highest BCUT2D eigenvalue weighted by atomic mass is 35.5. The van der Waals surface area contributed by atoms with Gasteiger partial charge < -0.3 is 23.9 Å². The van der Waals surface area contributed by atoms with Crippen molar-refractivity contribution in [3.8, 4) is 17.2 Å². The molecule has 0 spiro atoms. The second-order valence-electron chi connectivity index (χ2n) is 8.85. The zero-order valence-corrected chi connectivity index (χ0v) is 20.8. The van der Waals surface area contributed by atoms with Crippen molar-refractivity contribution in [3.05, 3.63) is 98.9 Å². The molecule has 1 aromatic heterocycles. The maximum atomic E-state index is 12.9. The number of aliphatic hydroxyl groups excluding tert-OH is 1. The molecule has 0 amide bonds. The van der Waals surface area contributed by atoms with Crippen LogP contribution in [0.1, 0.15) is 16.7 Å². The molecule has 0 aliphatic carbocycles. The molecule has 0 aliphatic heterocycles. The Kier molecular flexibility index (Phi) is 7.76. The van der Waals surface area contributed by atoms with Crippen LogP contribution in [0.15, 0.2) is 76.1 Å². The van der Waals surface area contributed by atoms with Crippen molar-refractivity contribution < 1.29 is 23.9 Å². The molecule has 2 N–H and O–H groups in total. The number of benzene rings is 3. The Bertz CT molecular complexity index is 1350. The molecular weight excluding hydrogens is 466 g/mol. The van der Waals surface area contributed by atoms with Gasteiger partial charge in [-0.25, -0.2) is 0 Å². The first kappa shape index (κ1) is 24.8. The summed E-state index contributed by atoms with van der Waals surface area (Å²) in [5.74, 6) is 1.12. The molecule has 4 aromatic rings. The molecule has 2 atom stereocenters. The molecule has 0 radical (unpaired) electrons. The van der Waals surface area contributed by atoms with Gasteiger partial charge in [0.05, 0.1) is 12.4 Å². The average molecular weight is 495 g/mol. The molecule has 0 saturated carbocycles. The van der Waals surface area contributed by atoms with E-state index in [2.05, 4.69) is 12.1 Å². The van der Waals surface area contributed by atoms with Gasteiger partial charge in [0.15, 0.2) is 0 Å². The molecule has 0 bridgehead atoms. The van der Waals surface area contributed by atoms with Crippen LogP contribution in [0.5, 0.6) is 17.2 Å². The second kappa shape index (κ2) is 11.0. The third-order valence-corrected chi connectivity index (χ3v) is 6.32. The van der Waals surface area contributed by atoms with Gasteiger partial charge >= 0.3 is 0 Å². The maximum absolute atomic E-state index is 12.9. The molecule has 0 fully saturated rings. The first-order valence-corrected chi connectivity index (χ1v) is 11.8. The third kappa shape index (κ3) is 6.22. The maximum Gasteiger partial charge on any atom is 0.235 e. The number of halogens is 1. The number of likely N-dealkylation sites (N-methyl/N-ethyl adjacent to an activating group) is 1. The Morgan fingerprint density at radius 3 is 2.46 bits per heavy atom. The minimum atomic E-state index is -0.636. The van der Waals surface area contributed by atoms with E-state index < -0.39 is 6.10 Å². The lowest BCUT2D eigenvalue weighted by atomic mass is 10.1. The van der Waals surface area contributed by atoms with Crippen molar-refractivity contribution in [2.24, 2.45) is 0 Å². The molecular formula is C28H29ClNO5+. The van der Waals surface area contributed by atoms with E-state index >= 15 is 0 Å². The number of aliphatic hydroxyl groups is 1. The number of ether oxygens (including phenoxy) is 2. The highest BCUT2D eigenvalue weighted by Gasteiger charge is 2.15. The third-order valence-electron chi connectivity index (χ3n) is 5.73. The second-order valence-corrected chi connectivity index (χ2v) is 9.23. The molecule has 0 aliphatic rings. The van der Waals surface area contributed by atoms with E-state index in [1.54, 1.807) is 30.3 Å². The van der Waals surface area contributed by atoms with E-state index in [4.69, 9.17) is 25.5 Å². The molecule has 7 heteroatoms. The van der Waals surface area contributed by atoms with E-state index in [1.165, 1.54) is 16.7 Å². The van der Waals surface area contributed by atoms with Crippen LogP contribution in [0.4, 0.5) is 0 Å². The van der Waals surface area contributed by atoms with Gasteiger partial charge in [-0.1, -0.05) is 41.9 Å². The minimum absolute atomic E-state index is 0.0899. The van der Waals surface area contributed by atoms with Crippen LogP contribution in [0.3, 0.4) is 0 Å². The summed E-state index contributed by atoms with van der Waals surface area (Å²) in [6.07, 6.45) is 0.660. The number of aryl methyl sites for hydroxylation is 2. The lowest BCUT2D eigenvalue weighted by molar-refractivity contribution is -0.897. The highest BCUT2D eigenvalue weighted by molar-refractivity contribution is 6.32. The fourth-order valence-corrected chi connectivity index (χ4v) is 4.12. The molecule has 1 unspecified atom stereocenters. The zero-order chi connectivity index (χ0) is 24.9. The van der Waals surface area contributed by atoms with Gasteiger partial charge in [0, 0.05) is 16.7 Å². The smallest absolute Gasteiger partial charge is 0.235 e. The Morgan fingerprint density at radius 2 is 1.74 bits per heavy atom. The Labute approximate surface area is 209 Å². The van der Waals surface area contributed by atoms with Gasteiger partial charge in [-0.05, 0) is 49.2 Å². The van der Waals surface area contributed by atoms with Crippen LogP contribution in [0.25, 0.3) is 11.0 Å². The van der Waals surface area contributed by atoms with Gasteiger partial charge in [-0.2, -0.15) is 0 Å². The average Bonchev–Trinajstić information content (AvgIpc) is 2.83. The summed E-state index contributed by atoms with van der Waals surface area (Å²) in [4.78, 5) is 14.1. The van der Waals surface area contributed by atoms with Crippen molar-refractivity contribution in [3.63, 3.8) is 0 Å². The highest BCUT2D eigenvalue weighted by Crippen LogP contribution is 2.29. The fourth-order valence-electron chi connectivity index (χ4n) is 4.01. The summed E-state index contributed by atoms with van der Waals surface area (Å²) in [5.41, 5.74) is 3.04. The van der Waals surface area contributed by atoms with Crippen LogP contribution >= 0.6 is 11.6 Å². The summed E-state index contributed by atoms with van der Waals surface area (Å²) >= 11 is 6.21. The topological polar surface area (TPSA) is 73.3 Å². The van der Waals surface area contributed by atoms with Crippen molar-refractivity contribution in [2.45, 2.75) is 26.5 Å². The van der Waals surface area contributed by atoms with Crippen LogP contribution in [-0.2, 0) is 6.54 Å². The van der Waals surface area contributed by atoms with Gasteiger partial charge in [0.25, 0.3) is 0 Å². The Morgan fingerprint density at radius 1 is 1.03 bits per heavy atom. The number of rotatable bonds is 9. The predicted molar refractivity (Wildman–Crippen MR) is 137 cm³/mol. The number of fused-ring (bicyclic) bond motifs is 1. The number of hydrogen-bond acceptors (Lipinski definition) is 5. The van der Waals surface area contributed by atoms with E-state index in [9.17, 15) is 9.90 Å². The van der Waals surface area contributed by atoms with Crippen LogP contribution < -0.4 is 19.8 Å². The molecule has 35 heavy (non-hydrogen) atoms. The first-order valence-electron chi connectivity index (χ1n) is 11.5. The monoisotopic (exact) mass is 494 g/mol. The SMILES string of the molecule is Cc1cc(Oc2coc3cc(OC[C@H](O)C[NH+](C)Cc4ccccc4)ccc3c2=O)cc(C)c1Cl. The summed E-state index contributed by atoms with van der Waals surface area (Å²) in [7, 11) is 2.03. The van der Waals surface area contributed by atoms with Crippen molar-refractivity contribution >= 4 is 22.6 Å². The standard InChI is InChI=1S/C28H28ClNO5/c1-18-11-23(12-19(2)27(18)29)35-26-17-34-25-13-22(9-10-24(25)28(26)32)33-16-21(31)15-30(3)14-20-7-5-4-6-8-20/h4-13,17,21,31H,14-16H2,1-3H3/p+1/t21-/m1/s1. The summed E-state index contributed by atoms with van der Waals surface area (Å²) in [6, 6.07) is 18.7. The number of nitrogens with one attached hydrogen (secondary N) is 1. The Hall–Kier alpha value is -3.32. The van der Waals surface area contributed by atoms with Gasteiger partial charge in [0.1, 0.15) is 49.1 Å². The fraction of sp³-hybridized carbons (Fsp3) is 0.250. The quantitative estimate of drug-likeness (QED) is 0.363. The minimum Gasteiger partial charge on any atom is -0.491 e. The van der Waals surface area contributed by atoms with E-state index in [0.29, 0.717) is 34.0 Å². The van der Waals surface area contributed by atoms with Crippen molar-refractivity contribution in [1.82, 2.24) is 0 Å². The molecule has 6 nitrogen and oxygen atoms in total. The lowest BCUT2D eigenvalue weighted by Crippen LogP contribution is -3.09. The van der Waals surface area contributed by atoms with E-state index in [-0.39, 0.29) is 17.8 Å². The normalized spacial score (nSPS) is 12.9. The van der Waals surface area contributed by atoms with E-state index in [1.807, 2.05) is 39.1 Å². The zero-order valence-electron chi connectivity index (χ0n) is 20.0. The van der Waals surface area contributed by atoms with Gasteiger partial charge in [0.2, 0.25) is 11.2 Å². The van der Waals surface area contributed by atoms with Crippen LogP contribution in [-0.4, -0.2) is 31.4 Å². The van der Waals surface area contributed by atoms with Gasteiger partial charge in [-0.3, -0.25) is 4.79 Å². The predicted octanol–water partition coefficient (Wildman–Crippen LogP) is 4.31. The number of quaternary nitrogens is 1. The van der Waals surface area contributed by atoms with Gasteiger partial charge in [-0.15, -0.1) is 0 Å². The Balaban J connectivity index is 1.39. The largest absolute Gasteiger partial charge is 0.491 e. The summed E-state index contributed by atoms with van der Waals surface area (Å²) in [6.45, 7) is 5.26. The summed E-state index contributed by atoms with van der Waals surface area (Å²) < 4.78 is 17.2. The van der Waals surface area contributed by atoms with Crippen molar-refractivity contribution in [1.29, 1.82) is 0 Å². The summed E-state index contributed by atoms with van der Waals surface area (Å²) in [5, 5.41) is 11.5.